The fourth-order valence-electron chi connectivity index (χ4n) is 2.11. The number of thiazole rings is 1. The molecule has 0 radical (unpaired) electrons. The molecule has 2 heterocycles. The smallest absolute Gasteiger partial charge is 0.266 e. The number of aryl methyl sites for hydroxylation is 1. The minimum atomic E-state index is -0.0900. The molecule has 4 nitrogen and oxygen atoms in total. The van der Waals surface area contributed by atoms with Crippen LogP contribution in [0, 0.1) is 6.92 Å². The van der Waals surface area contributed by atoms with Crippen LogP contribution >= 0.6 is 23.6 Å². The van der Waals surface area contributed by atoms with Crippen molar-refractivity contribution >= 4 is 34.5 Å². The molecule has 2 rings (SSSR count). The third-order valence-corrected chi connectivity index (χ3v) is 4.22. The van der Waals surface area contributed by atoms with Crippen LogP contribution in [0.4, 0.5) is 0 Å². The summed E-state index contributed by atoms with van der Waals surface area (Å²) in [5.74, 6) is 0.0162. The lowest BCUT2D eigenvalue weighted by molar-refractivity contribution is 0.0685. The van der Waals surface area contributed by atoms with Gasteiger partial charge in [0.05, 0.1) is 22.2 Å². The molecule has 1 fully saturated rings. The van der Waals surface area contributed by atoms with Crippen LogP contribution in [-0.4, -0.2) is 33.4 Å². The second-order valence-corrected chi connectivity index (χ2v) is 5.51. The molecule has 1 aromatic heterocycles. The number of hydrogen-bond donors (Lipinski definition) is 1. The lowest BCUT2D eigenvalue weighted by Gasteiger charge is -2.34. The Hall–Kier alpha value is -1.01. The first kappa shape index (κ1) is 12.4. The van der Waals surface area contributed by atoms with Gasteiger partial charge < -0.3 is 10.6 Å². The van der Waals surface area contributed by atoms with Crippen molar-refractivity contribution in [2.45, 2.75) is 32.2 Å². The van der Waals surface area contributed by atoms with Crippen LogP contribution in [0.5, 0.6) is 0 Å². The Balaban J connectivity index is 2.23. The molecule has 1 saturated heterocycles. The van der Waals surface area contributed by atoms with Gasteiger partial charge in [0.15, 0.2) is 0 Å². The number of carbonyl (C=O) groups excluding carboxylic acids is 1. The molecule has 1 amide bonds. The molecule has 1 atom stereocenters. The first-order valence-electron chi connectivity index (χ1n) is 5.61. The number of amides is 1. The summed E-state index contributed by atoms with van der Waals surface area (Å²) in [6, 6.07) is -0.0900. The van der Waals surface area contributed by atoms with Crippen LogP contribution in [0.25, 0.3) is 0 Å². The molecule has 6 heteroatoms. The van der Waals surface area contributed by atoms with Crippen molar-refractivity contribution in [2.75, 3.05) is 6.54 Å². The third kappa shape index (κ3) is 2.47. The van der Waals surface area contributed by atoms with Crippen molar-refractivity contribution in [3.63, 3.8) is 0 Å². The van der Waals surface area contributed by atoms with Crippen molar-refractivity contribution < 1.29 is 4.79 Å². The third-order valence-electron chi connectivity index (χ3n) is 3.03. The maximum Gasteiger partial charge on any atom is 0.266 e. The molecular formula is C11H15N3OS2. The summed E-state index contributed by atoms with van der Waals surface area (Å²) in [6.45, 7) is 2.58. The van der Waals surface area contributed by atoms with E-state index in [1.54, 1.807) is 10.4 Å². The zero-order valence-corrected chi connectivity index (χ0v) is 11.3. The van der Waals surface area contributed by atoms with Gasteiger partial charge >= 0.3 is 0 Å². The average molecular weight is 269 g/mol. The van der Waals surface area contributed by atoms with Crippen molar-refractivity contribution in [3.05, 3.63) is 16.1 Å². The van der Waals surface area contributed by atoms with Crippen molar-refractivity contribution in [1.82, 2.24) is 9.88 Å². The van der Waals surface area contributed by atoms with Crippen molar-refractivity contribution in [3.8, 4) is 0 Å². The summed E-state index contributed by atoms with van der Waals surface area (Å²) in [5.41, 5.74) is 8.19. The van der Waals surface area contributed by atoms with Crippen molar-refractivity contribution in [1.29, 1.82) is 0 Å². The first-order chi connectivity index (χ1) is 8.11. The van der Waals surface area contributed by atoms with Crippen LogP contribution < -0.4 is 5.73 Å². The molecule has 0 saturated carbocycles. The van der Waals surface area contributed by atoms with E-state index in [-0.39, 0.29) is 11.9 Å². The largest absolute Gasteiger partial charge is 0.392 e. The number of thiocarbonyl (C=S) groups is 1. The topological polar surface area (TPSA) is 59.2 Å². The number of carbonyl (C=O) groups is 1. The minimum absolute atomic E-state index is 0.0162. The first-order valence-corrected chi connectivity index (χ1v) is 6.90. The highest BCUT2D eigenvalue weighted by atomic mass is 32.1. The van der Waals surface area contributed by atoms with Gasteiger partial charge in [-0.3, -0.25) is 4.79 Å². The van der Waals surface area contributed by atoms with Crippen LogP contribution in [0.1, 0.15) is 34.6 Å². The standard InChI is InChI=1S/C11H15N3OS2/c1-7-9(17-6-13-7)11(15)14-5-3-2-4-8(14)10(12)16/h6,8H,2-5H2,1H3,(H2,12,16). The Morgan fingerprint density at radius 2 is 2.41 bits per heavy atom. The van der Waals surface area contributed by atoms with Gasteiger partial charge in [0.25, 0.3) is 5.91 Å². The summed E-state index contributed by atoms with van der Waals surface area (Å²) in [4.78, 5) is 19.4. The predicted octanol–water partition coefficient (Wildman–Crippen LogP) is 1.73. The molecule has 0 aliphatic carbocycles. The zero-order valence-electron chi connectivity index (χ0n) is 9.68. The molecule has 2 N–H and O–H groups in total. The Kier molecular flexibility index (Phi) is 3.73. The second-order valence-electron chi connectivity index (χ2n) is 4.18. The number of rotatable bonds is 2. The van der Waals surface area contributed by atoms with Crippen molar-refractivity contribution in [2.24, 2.45) is 5.73 Å². The highest BCUT2D eigenvalue weighted by molar-refractivity contribution is 7.80. The highest BCUT2D eigenvalue weighted by Gasteiger charge is 2.30. The number of piperidine rings is 1. The molecule has 1 aromatic rings. The summed E-state index contributed by atoms with van der Waals surface area (Å²) in [7, 11) is 0. The summed E-state index contributed by atoms with van der Waals surface area (Å²) >= 11 is 6.42. The van der Waals surface area contributed by atoms with Crippen LogP contribution in [0.2, 0.25) is 0 Å². The predicted molar refractivity (Wildman–Crippen MR) is 72.3 cm³/mol. The van der Waals surface area contributed by atoms with Gasteiger partial charge in [-0.1, -0.05) is 12.2 Å². The molecule has 1 aliphatic heterocycles. The van der Waals surface area contributed by atoms with E-state index in [9.17, 15) is 4.79 Å². The van der Waals surface area contributed by atoms with E-state index in [0.29, 0.717) is 9.87 Å². The van der Waals surface area contributed by atoms with Gasteiger partial charge in [-0.05, 0) is 26.2 Å². The van der Waals surface area contributed by atoms with E-state index >= 15 is 0 Å². The molecule has 1 aliphatic rings. The normalized spacial score (nSPS) is 20.3. The van der Waals surface area contributed by atoms with Gasteiger partial charge in [0.2, 0.25) is 0 Å². The zero-order chi connectivity index (χ0) is 12.4. The fourth-order valence-corrected chi connectivity index (χ4v) is 3.11. The molecule has 0 bridgehead atoms. The summed E-state index contributed by atoms with van der Waals surface area (Å²) in [5, 5.41) is 0. The number of nitrogens with two attached hydrogens (primary N) is 1. The lowest BCUT2D eigenvalue weighted by Crippen LogP contribution is -2.49. The van der Waals surface area contributed by atoms with E-state index in [0.717, 1.165) is 31.5 Å². The summed E-state index contributed by atoms with van der Waals surface area (Å²) in [6.07, 6.45) is 2.97. The molecule has 17 heavy (non-hydrogen) atoms. The van der Waals surface area contributed by atoms with Gasteiger partial charge in [0.1, 0.15) is 4.88 Å². The van der Waals surface area contributed by atoms with Crippen LogP contribution in [0.3, 0.4) is 0 Å². The van der Waals surface area contributed by atoms with Gasteiger partial charge in [-0.2, -0.15) is 0 Å². The van der Waals surface area contributed by atoms with E-state index in [4.69, 9.17) is 18.0 Å². The fraction of sp³-hybridized carbons (Fsp3) is 0.545. The van der Waals surface area contributed by atoms with E-state index in [1.807, 2.05) is 6.92 Å². The average Bonchev–Trinajstić information content (AvgIpc) is 2.74. The van der Waals surface area contributed by atoms with E-state index < -0.39 is 0 Å². The number of hydrogen-bond acceptors (Lipinski definition) is 4. The minimum Gasteiger partial charge on any atom is -0.392 e. The van der Waals surface area contributed by atoms with E-state index in [2.05, 4.69) is 4.98 Å². The van der Waals surface area contributed by atoms with Gasteiger partial charge in [-0.15, -0.1) is 11.3 Å². The Morgan fingerprint density at radius 3 is 3.00 bits per heavy atom. The monoisotopic (exact) mass is 269 g/mol. The van der Waals surface area contributed by atoms with Crippen LogP contribution in [0.15, 0.2) is 5.51 Å². The Bertz CT molecular complexity index is 444. The number of aromatic nitrogens is 1. The highest BCUT2D eigenvalue weighted by Crippen LogP contribution is 2.22. The molecular weight excluding hydrogens is 254 g/mol. The molecule has 0 spiro atoms. The molecule has 0 aromatic carbocycles. The van der Waals surface area contributed by atoms with E-state index in [1.165, 1.54) is 11.3 Å². The maximum atomic E-state index is 12.4. The number of nitrogens with zero attached hydrogens (tertiary/aromatic N) is 2. The second kappa shape index (κ2) is 5.10. The number of likely N-dealkylation sites (tertiary alicyclic amines) is 1. The lowest BCUT2D eigenvalue weighted by atomic mass is 10.0. The Labute approximate surface area is 110 Å². The quantitative estimate of drug-likeness (QED) is 0.831. The van der Waals surface area contributed by atoms with Gasteiger partial charge in [-0.25, -0.2) is 4.98 Å². The summed E-state index contributed by atoms with van der Waals surface area (Å²) < 4.78 is 0. The maximum absolute atomic E-state index is 12.4. The van der Waals surface area contributed by atoms with Crippen LogP contribution in [-0.2, 0) is 0 Å². The molecule has 92 valence electrons. The SMILES string of the molecule is Cc1ncsc1C(=O)N1CCCCC1C(N)=S. The Morgan fingerprint density at radius 1 is 1.65 bits per heavy atom. The molecule has 1 unspecified atom stereocenters. The van der Waals surface area contributed by atoms with Gasteiger partial charge in [0, 0.05) is 6.54 Å².